The monoisotopic (exact) mass is 306 g/mol. The summed E-state index contributed by atoms with van der Waals surface area (Å²) in [5.41, 5.74) is 6.82. The van der Waals surface area contributed by atoms with Crippen LogP contribution in [0.1, 0.15) is 12.8 Å². The van der Waals surface area contributed by atoms with Gasteiger partial charge in [-0.25, -0.2) is 0 Å². The molecule has 0 unspecified atom stereocenters. The van der Waals surface area contributed by atoms with Crippen molar-refractivity contribution in [2.75, 3.05) is 45.8 Å². The van der Waals surface area contributed by atoms with Crippen molar-refractivity contribution in [2.24, 2.45) is 10.7 Å². The number of hydrogen-bond donors (Lipinski definition) is 2. The predicted molar refractivity (Wildman–Crippen MR) is 89.6 cm³/mol. The van der Waals surface area contributed by atoms with Crippen LogP contribution < -0.4 is 15.8 Å². The molecule has 6 heteroatoms. The first-order valence-electron chi connectivity index (χ1n) is 7.67. The summed E-state index contributed by atoms with van der Waals surface area (Å²) in [5.74, 6) is 1.26. The van der Waals surface area contributed by atoms with Crippen molar-refractivity contribution in [3.05, 3.63) is 24.3 Å². The molecule has 1 fully saturated rings. The van der Waals surface area contributed by atoms with Gasteiger partial charge in [-0.3, -0.25) is 9.89 Å². The highest BCUT2D eigenvalue weighted by atomic mass is 16.5. The van der Waals surface area contributed by atoms with Crippen molar-refractivity contribution in [3.63, 3.8) is 0 Å². The van der Waals surface area contributed by atoms with Crippen LogP contribution in [0.3, 0.4) is 0 Å². The molecule has 1 aliphatic rings. The SMILES string of the molecule is COCCN(CCN=C(N)Nc1ccc(OC)cc1)C1CC1. The van der Waals surface area contributed by atoms with Gasteiger partial charge in [0.1, 0.15) is 5.75 Å². The van der Waals surface area contributed by atoms with Crippen LogP contribution in [0.15, 0.2) is 29.3 Å². The van der Waals surface area contributed by atoms with Crippen LogP contribution in [0, 0.1) is 0 Å². The molecule has 2 rings (SSSR count). The molecule has 1 aliphatic carbocycles. The Morgan fingerprint density at radius 2 is 2.00 bits per heavy atom. The first-order chi connectivity index (χ1) is 10.7. The summed E-state index contributed by atoms with van der Waals surface area (Å²) >= 11 is 0. The maximum absolute atomic E-state index is 5.92. The fourth-order valence-corrected chi connectivity index (χ4v) is 2.29. The smallest absolute Gasteiger partial charge is 0.193 e. The van der Waals surface area contributed by atoms with Crippen LogP contribution in [0.4, 0.5) is 5.69 Å². The fraction of sp³-hybridized carbons (Fsp3) is 0.562. The van der Waals surface area contributed by atoms with Gasteiger partial charge in [0.2, 0.25) is 0 Å². The summed E-state index contributed by atoms with van der Waals surface area (Å²) in [6.07, 6.45) is 2.57. The second-order valence-electron chi connectivity index (χ2n) is 5.38. The van der Waals surface area contributed by atoms with Gasteiger partial charge >= 0.3 is 0 Å². The van der Waals surface area contributed by atoms with E-state index in [-0.39, 0.29) is 0 Å². The number of benzene rings is 1. The lowest BCUT2D eigenvalue weighted by molar-refractivity contribution is 0.145. The number of rotatable bonds is 9. The van der Waals surface area contributed by atoms with E-state index in [2.05, 4.69) is 15.2 Å². The lowest BCUT2D eigenvalue weighted by Crippen LogP contribution is -2.33. The Kier molecular flexibility index (Phi) is 6.48. The number of aliphatic imine (C=N–C) groups is 1. The zero-order valence-electron chi connectivity index (χ0n) is 13.4. The van der Waals surface area contributed by atoms with Crippen molar-refractivity contribution in [1.82, 2.24) is 4.90 Å². The zero-order chi connectivity index (χ0) is 15.8. The second-order valence-corrected chi connectivity index (χ2v) is 5.38. The first kappa shape index (κ1) is 16.6. The molecule has 0 saturated heterocycles. The molecule has 6 nitrogen and oxygen atoms in total. The van der Waals surface area contributed by atoms with E-state index < -0.39 is 0 Å². The van der Waals surface area contributed by atoms with Crippen LogP contribution in [-0.2, 0) is 4.74 Å². The molecule has 122 valence electrons. The number of nitrogens with two attached hydrogens (primary N) is 1. The lowest BCUT2D eigenvalue weighted by Gasteiger charge is -2.20. The maximum Gasteiger partial charge on any atom is 0.193 e. The molecule has 0 heterocycles. The number of hydrogen-bond acceptors (Lipinski definition) is 4. The Morgan fingerprint density at radius 1 is 1.27 bits per heavy atom. The number of guanidine groups is 1. The van der Waals surface area contributed by atoms with Gasteiger partial charge in [0.05, 0.1) is 20.3 Å². The molecule has 22 heavy (non-hydrogen) atoms. The summed E-state index contributed by atoms with van der Waals surface area (Å²) in [7, 11) is 3.38. The molecule has 0 radical (unpaired) electrons. The molecule has 3 N–H and O–H groups in total. The Bertz CT molecular complexity index is 472. The zero-order valence-corrected chi connectivity index (χ0v) is 13.4. The van der Waals surface area contributed by atoms with Gasteiger partial charge in [-0.05, 0) is 37.1 Å². The van der Waals surface area contributed by atoms with Crippen LogP contribution in [-0.4, -0.2) is 57.4 Å². The van der Waals surface area contributed by atoms with Gasteiger partial charge < -0.3 is 20.5 Å². The molecule has 0 spiro atoms. The molecular formula is C16H26N4O2. The number of ether oxygens (including phenoxy) is 2. The van der Waals surface area contributed by atoms with Gasteiger partial charge in [-0.15, -0.1) is 0 Å². The van der Waals surface area contributed by atoms with Crippen molar-refractivity contribution < 1.29 is 9.47 Å². The first-order valence-corrected chi connectivity index (χ1v) is 7.67. The summed E-state index contributed by atoms with van der Waals surface area (Å²) < 4.78 is 10.3. The van der Waals surface area contributed by atoms with E-state index >= 15 is 0 Å². The minimum Gasteiger partial charge on any atom is -0.497 e. The van der Waals surface area contributed by atoms with E-state index in [1.807, 2.05) is 24.3 Å². The Balaban J connectivity index is 1.75. The highest BCUT2D eigenvalue weighted by Crippen LogP contribution is 2.26. The standard InChI is InChI=1S/C16H26N4O2/c1-21-12-11-20(14-5-6-14)10-9-18-16(17)19-13-3-7-15(22-2)8-4-13/h3-4,7-8,14H,5-6,9-12H2,1-2H3,(H3,17,18,19). The van der Waals surface area contributed by atoms with Crippen molar-refractivity contribution in [2.45, 2.75) is 18.9 Å². The molecule has 0 aliphatic heterocycles. The summed E-state index contributed by atoms with van der Waals surface area (Å²) in [6, 6.07) is 8.30. The van der Waals surface area contributed by atoms with Gasteiger partial charge in [-0.2, -0.15) is 0 Å². The van der Waals surface area contributed by atoms with E-state index in [0.29, 0.717) is 18.5 Å². The molecule has 1 aromatic carbocycles. The molecule has 0 atom stereocenters. The summed E-state index contributed by atoms with van der Waals surface area (Å²) in [4.78, 5) is 6.81. The van der Waals surface area contributed by atoms with Gasteiger partial charge in [0.15, 0.2) is 5.96 Å². The molecule has 0 aromatic heterocycles. The maximum atomic E-state index is 5.92. The average Bonchev–Trinajstić information content (AvgIpc) is 3.36. The number of nitrogens with zero attached hydrogens (tertiary/aromatic N) is 2. The third-order valence-corrected chi connectivity index (χ3v) is 3.68. The Morgan fingerprint density at radius 3 is 2.59 bits per heavy atom. The van der Waals surface area contributed by atoms with Crippen molar-refractivity contribution >= 4 is 11.6 Å². The molecule has 0 bridgehead atoms. The van der Waals surface area contributed by atoms with E-state index in [9.17, 15) is 0 Å². The number of methoxy groups -OCH3 is 2. The molecule has 1 saturated carbocycles. The summed E-state index contributed by atoms with van der Waals surface area (Å²) in [6.45, 7) is 3.33. The van der Waals surface area contributed by atoms with Crippen molar-refractivity contribution in [3.8, 4) is 5.75 Å². The predicted octanol–water partition coefficient (Wildman–Crippen LogP) is 1.53. The quantitative estimate of drug-likeness (QED) is 0.535. The lowest BCUT2D eigenvalue weighted by atomic mass is 10.3. The van der Waals surface area contributed by atoms with Gasteiger partial charge in [0.25, 0.3) is 0 Å². The van der Waals surface area contributed by atoms with Crippen LogP contribution >= 0.6 is 0 Å². The largest absolute Gasteiger partial charge is 0.497 e. The van der Waals surface area contributed by atoms with Crippen LogP contribution in [0.25, 0.3) is 0 Å². The van der Waals surface area contributed by atoms with E-state index in [0.717, 1.165) is 31.1 Å². The average molecular weight is 306 g/mol. The number of anilines is 1. The highest BCUT2D eigenvalue weighted by molar-refractivity contribution is 5.92. The van der Waals surface area contributed by atoms with E-state index in [1.165, 1.54) is 12.8 Å². The highest BCUT2D eigenvalue weighted by Gasteiger charge is 2.27. The van der Waals surface area contributed by atoms with Crippen LogP contribution in [0.5, 0.6) is 5.75 Å². The Hall–Kier alpha value is -1.79. The van der Waals surface area contributed by atoms with Crippen LogP contribution in [0.2, 0.25) is 0 Å². The van der Waals surface area contributed by atoms with E-state index in [1.54, 1.807) is 14.2 Å². The second kappa shape index (κ2) is 8.60. The summed E-state index contributed by atoms with van der Waals surface area (Å²) in [5, 5.41) is 3.08. The molecule has 1 aromatic rings. The van der Waals surface area contributed by atoms with Gasteiger partial charge in [0, 0.05) is 31.9 Å². The minimum absolute atomic E-state index is 0.438. The number of nitrogens with one attached hydrogen (secondary N) is 1. The van der Waals surface area contributed by atoms with Gasteiger partial charge in [-0.1, -0.05) is 0 Å². The minimum atomic E-state index is 0.438. The normalized spacial score (nSPS) is 15.1. The molecule has 0 amide bonds. The topological polar surface area (TPSA) is 72.1 Å². The third kappa shape index (κ3) is 5.54. The Labute approximate surface area is 132 Å². The van der Waals surface area contributed by atoms with Crippen molar-refractivity contribution in [1.29, 1.82) is 0 Å². The fourth-order valence-electron chi connectivity index (χ4n) is 2.29. The third-order valence-electron chi connectivity index (χ3n) is 3.68. The molecular weight excluding hydrogens is 280 g/mol. The van der Waals surface area contributed by atoms with E-state index in [4.69, 9.17) is 15.2 Å².